The first-order valence-corrected chi connectivity index (χ1v) is 11.5. The smallest absolute Gasteiger partial charge is 0.124 e. The molecule has 0 spiro atoms. The number of benzene rings is 3. The zero-order chi connectivity index (χ0) is 22.2. The molecule has 1 atom stereocenters. The van der Waals surface area contributed by atoms with Crippen LogP contribution in [-0.4, -0.2) is 29.4 Å². The predicted molar refractivity (Wildman–Crippen MR) is 127 cm³/mol. The minimum absolute atomic E-state index is 0.337. The fourth-order valence-electron chi connectivity index (χ4n) is 3.05. The van der Waals surface area contributed by atoms with Gasteiger partial charge in [0, 0.05) is 23.3 Å². The monoisotopic (exact) mass is 505 g/mol. The van der Waals surface area contributed by atoms with E-state index in [-0.39, 0.29) is 5.82 Å². The largest absolute Gasteiger partial charge is 0.497 e. The SMILES string of the molecule is COc1ccc(CN(Cc2ccc(OC)cc2)SCC(O)c2ccc(F)cc2Br)cc1. The first kappa shape index (κ1) is 23.6. The molecule has 0 aromatic heterocycles. The summed E-state index contributed by atoms with van der Waals surface area (Å²) in [6.07, 6.45) is -0.728. The summed E-state index contributed by atoms with van der Waals surface area (Å²) in [6.45, 7) is 1.38. The molecule has 0 bridgehead atoms. The van der Waals surface area contributed by atoms with Gasteiger partial charge >= 0.3 is 0 Å². The zero-order valence-corrected chi connectivity index (χ0v) is 19.8. The van der Waals surface area contributed by atoms with Crippen molar-refractivity contribution in [3.8, 4) is 11.5 Å². The number of aliphatic hydroxyl groups is 1. The maximum Gasteiger partial charge on any atom is 0.124 e. The summed E-state index contributed by atoms with van der Waals surface area (Å²) < 4.78 is 26.6. The van der Waals surface area contributed by atoms with Gasteiger partial charge in [-0.3, -0.25) is 0 Å². The Morgan fingerprint density at radius 1 is 0.903 bits per heavy atom. The lowest BCUT2D eigenvalue weighted by molar-refractivity contribution is 0.202. The lowest BCUT2D eigenvalue weighted by Crippen LogP contribution is -2.17. The molecule has 1 N–H and O–H groups in total. The number of nitrogens with zero attached hydrogens (tertiary/aromatic N) is 1. The van der Waals surface area contributed by atoms with Crippen molar-refractivity contribution < 1.29 is 19.0 Å². The van der Waals surface area contributed by atoms with Crippen LogP contribution in [0.3, 0.4) is 0 Å². The van der Waals surface area contributed by atoms with E-state index in [0.717, 1.165) is 22.6 Å². The number of rotatable bonds is 10. The number of hydrogen-bond donors (Lipinski definition) is 1. The van der Waals surface area contributed by atoms with E-state index in [1.807, 2.05) is 48.5 Å². The molecule has 3 rings (SSSR count). The average molecular weight is 506 g/mol. The molecule has 1 unspecified atom stereocenters. The van der Waals surface area contributed by atoms with Crippen LogP contribution in [0.2, 0.25) is 0 Å². The summed E-state index contributed by atoms with van der Waals surface area (Å²) in [5.74, 6) is 1.73. The standard InChI is InChI=1S/C24H25BrFNO3S/c1-29-20-8-3-17(4-9-20)14-27(15-18-5-10-21(30-2)11-6-18)31-16-24(28)22-12-7-19(26)13-23(22)25/h3-13,24,28H,14-16H2,1-2H3. The number of methoxy groups -OCH3 is 2. The molecule has 7 heteroatoms. The molecule has 31 heavy (non-hydrogen) atoms. The second-order valence-electron chi connectivity index (χ2n) is 6.97. The second-order valence-corrected chi connectivity index (χ2v) is 8.93. The van der Waals surface area contributed by atoms with E-state index in [4.69, 9.17) is 9.47 Å². The number of ether oxygens (including phenoxy) is 2. The van der Waals surface area contributed by atoms with Gasteiger partial charge < -0.3 is 14.6 Å². The molecule has 4 nitrogen and oxygen atoms in total. The first-order chi connectivity index (χ1) is 15.0. The van der Waals surface area contributed by atoms with Gasteiger partial charge in [0.15, 0.2) is 0 Å². The van der Waals surface area contributed by atoms with E-state index >= 15 is 0 Å². The van der Waals surface area contributed by atoms with E-state index in [1.165, 1.54) is 12.1 Å². The number of halogens is 2. The molecule has 0 aliphatic heterocycles. The van der Waals surface area contributed by atoms with Crippen LogP contribution in [0.4, 0.5) is 4.39 Å². The normalized spacial score (nSPS) is 12.1. The Morgan fingerprint density at radius 2 is 1.42 bits per heavy atom. The summed E-state index contributed by atoms with van der Waals surface area (Å²) in [5.41, 5.74) is 2.95. The minimum Gasteiger partial charge on any atom is -0.497 e. The van der Waals surface area contributed by atoms with E-state index in [9.17, 15) is 9.50 Å². The van der Waals surface area contributed by atoms with Crippen LogP contribution in [0.1, 0.15) is 22.8 Å². The maximum absolute atomic E-state index is 13.4. The van der Waals surface area contributed by atoms with Crippen molar-refractivity contribution in [2.75, 3.05) is 20.0 Å². The molecule has 3 aromatic carbocycles. The van der Waals surface area contributed by atoms with Gasteiger partial charge in [-0.15, -0.1) is 0 Å². The molecular weight excluding hydrogens is 481 g/mol. The Morgan fingerprint density at radius 3 is 1.87 bits per heavy atom. The highest BCUT2D eigenvalue weighted by molar-refractivity contribution is 9.10. The van der Waals surface area contributed by atoms with Gasteiger partial charge in [-0.05, 0) is 53.1 Å². The van der Waals surface area contributed by atoms with Crippen LogP contribution >= 0.6 is 27.9 Å². The number of hydrogen-bond acceptors (Lipinski definition) is 5. The predicted octanol–water partition coefficient (Wildman–Crippen LogP) is 5.99. The van der Waals surface area contributed by atoms with Crippen LogP contribution in [0.25, 0.3) is 0 Å². The van der Waals surface area contributed by atoms with Crippen LogP contribution in [-0.2, 0) is 13.1 Å². The summed E-state index contributed by atoms with van der Waals surface area (Å²) in [4.78, 5) is 0. The average Bonchev–Trinajstić information content (AvgIpc) is 2.78. The Balaban J connectivity index is 1.71. The van der Waals surface area contributed by atoms with Gasteiger partial charge in [0.05, 0.1) is 20.3 Å². The fraction of sp³-hybridized carbons (Fsp3) is 0.250. The van der Waals surface area contributed by atoms with E-state index in [0.29, 0.717) is 28.9 Å². The first-order valence-electron chi connectivity index (χ1n) is 9.75. The van der Waals surface area contributed by atoms with Crippen molar-refractivity contribution in [1.82, 2.24) is 4.31 Å². The van der Waals surface area contributed by atoms with Crippen LogP contribution in [0.5, 0.6) is 11.5 Å². The minimum atomic E-state index is -0.728. The Hall–Kier alpha value is -2.06. The highest BCUT2D eigenvalue weighted by Gasteiger charge is 2.16. The van der Waals surface area contributed by atoms with Gasteiger partial charge in [0.1, 0.15) is 17.3 Å². The van der Waals surface area contributed by atoms with Crippen molar-refractivity contribution in [1.29, 1.82) is 0 Å². The molecular formula is C24H25BrFNO3S. The lowest BCUT2D eigenvalue weighted by atomic mass is 10.1. The number of aliphatic hydroxyl groups excluding tert-OH is 1. The third-order valence-corrected chi connectivity index (χ3v) is 6.55. The molecule has 3 aromatic rings. The van der Waals surface area contributed by atoms with Gasteiger partial charge in [0.2, 0.25) is 0 Å². The molecule has 0 aliphatic carbocycles. The van der Waals surface area contributed by atoms with Crippen molar-refractivity contribution in [2.24, 2.45) is 0 Å². The van der Waals surface area contributed by atoms with E-state index < -0.39 is 6.10 Å². The topological polar surface area (TPSA) is 41.9 Å². The third kappa shape index (κ3) is 6.97. The summed E-state index contributed by atoms with van der Waals surface area (Å²) in [5, 5.41) is 10.7. The quantitative estimate of drug-likeness (QED) is 0.342. The molecule has 0 saturated carbocycles. The summed E-state index contributed by atoms with van der Waals surface area (Å²) >= 11 is 4.90. The highest BCUT2D eigenvalue weighted by Crippen LogP contribution is 2.29. The van der Waals surface area contributed by atoms with E-state index in [2.05, 4.69) is 20.2 Å². The van der Waals surface area contributed by atoms with Crippen molar-refractivity contribution >= 4 is 27.9 Å². The van der Waals surface area contributed by atoms with Crippen LogP contribution in [0.15, 0.2) is 71.2 Å². The highest BCUT2D eigenvalue weighted by atomic mass is 79.9. The van der Waals surface area contributed by atoms with Gasteiger partial charge in [0.25, 0.3) is 0 Å². The molecule has 164 valence electrons. The molecule has 0 heterocycles. The molecule has 0 amide bonds. The van der Waals surface area contributed by atoms with Crippen molar-refractivity contribution in [3.05, 3.63) is 93.7 Å². The Bertz CT molecular complexity index is 920. The van der Waals surface area contributed by atoms with E-state index in [1.54, 1.807) is 32.2 Å². The summed E-state index contributed by atoms with van der Waals surface area (Å²) in [6, 6.07) is 20.2. The Labute approximate surface area is 195 Å². The third-order valence-electron chi connectivity index (χ3n) is 4.77. The van der Waals surface area contributed by atoms with Crippen molar-refractivity contribution in [2.45, 2.75) is 19.2 Å². The summed E-state index contributed by atoms with van der Waals surface area (Å²) in [7, 11) is 3.30. The molecule has 0 fully saturated rings. The lowest BCUT2D eigenvalue weighted by Gasteiger charge is -2.23. The zero-order valence-electron chi connectivity index (χ0n) is 17.4. The molecule has 0 radical (unpaired) electrons. The van der Waals surface area contributed by atoms with Gasteiger partial charge in [-0.25, -0.2) is 8.70 Å². The van der Waals surface area contributed by atoms with Crippen molar-refractivity contribution in [3.63, 3.8) is 0 Å². The second kappa shape index (κ2) is 11.5. The van der Waals surface area contributed by atoms with Crippen LogP contribution in [0, 0.1) is 5.82 Å². The molecule has 0 aliphatic rings. The maximum atomic E-state index is 13.4. The molecule has 0 saturated heterocycles. The van der Waals surface area contributed by atoms with Gasteiger partial charge in [-0.2, -0.15) is 0 Å². The fourth-order valence-corrected chi connectivity index (χ4v) is 4.68. The van der Waals surface area contributed by atoms with Gasteiger partial charge in [-0.1, -0.05) is 58.2 Å². The Kier molecular flexibility index (Phi) is 8.78. The van der Waals surface area contributed by atoms with Crippen LogP contribution < -0.4 is 9.47 Å².